The number of benzene rings is 1. The van der Waals surface area contributed by atoms with Crippen LogP contribution >= 0.6 is 0 Å². The van der Waals surface area contributed by atoms with Crippen molar-refractivity contribution in [1.82, 2.24) is 4.90 Å². The second-order valence-corrected chi connectivity index (χ2v) is 3.58. The van der Waals surface area contributed by atoms with Gasteiger partial charge in [-0.1, -0.05) is 30.3 Å². The Morgan fingerprint density at radius 2 is 1.83 bits per heavy atom. The van der Waals surface area contributed by atoms with Crippen LogP contribution in [-0.2, 0) is 0 Å². The first-order valence-corrected chi connectivity index (χ1v) is 4.18. The highest BCUT2D eigenvalue weighted by atomic mass is 16.1. The fraction of sp³-hybridized carbons (Fsp3) is 0.300. The third-order valence-corrected chi connectivity index (χ3v) is 2.76. The number of fused-ring (bicyclic) bond motifs is 1. The third kappa shape index (κ3) is 0.655. The van der Waals surface area contributed by atoms with Crippen molar-refractivity contribution in [2.45, 2.75) is 5.54 Å². The van der Waals surface area contributed by atoms with Crippen LogP contribution in [0.5, 0.6) is 0 Å². The van der Waals surface area contributed by atoms with Crippen molar-refractivity contribution in [2.24, 2.45) is 0 Å². The van der Waals surface area contributed by atoms with Gasteiger partial charge in [0, 0.05) is 18.7 Å². The lowest BCUT2D eigenvalue weighted by Crippen LogP contribution is -2.17. The fourth-order valence-corrected chi connectivity index (χ4v) is 1.66. The monoisotopic (exact) mass is 159 g/mol. The van der Waals surface area contributed by atoms with E-state index in [0.29, 0.717) is 5.78 Å². The quantitative estimate of drug-likeness (QED) is 0.472. The van der Waals surface area contributed by atoms with Crippen LogP contribution in [0.25, 0.3) is 0 Å². The fourth-order valence-electron chi connectivity index (χ4n) is 1.66. The predicted molar refractivity (Wildman–Crippen MR) is 45.1 cm³/mol. The van der Waals surface area contributed by atoms with Gasteiger partial charge in [0.15, 0.2) is 5.78 Å². The molecule has 2 aliphatic rings. The average molecular weight is 159 g/mol. The van der Waals surface area contributed by atoms with Crippen molar-refractivity contribution in [3.8, 4) is 0 Å². The van der Waals surface area contributed by atoms with E-state index in [4.69, 9.17) is 0 Å². The number of Topliss-reactive ketones (excluding diaryl/α,β-unsaturated/α-hetero) is 1. The smallest absolute Gasteiger partial charge is 0.185 e. The molecule has 2 heterocycles. The van der Waals surface area contributed by atoms with Crippen molar-refractivity contribution in [3.63, 3.8) is 0 Å². The molecule has 2 heteroatoms. The first-order chi connectivity index (χ1) is 5.83. The molecule has 0 radical (unpaired) electrons. The number of rotatable bonds is 2. The van der Waals surface area contributed by atoms with E-state index < -0.39 is 0 Å². The highest BCUT2D eigenvalue weighted by molar-refractivity contribution is 6.08. The van der Waals surface area contributed by atoms with Crippen LogP contribution in [0.15, 0.2) is 30.3 Å². The summed E-state index contributed by atoms with van der Waals surface area (Å²) in [5.74, 6) is 0.308. The molecule has 0 unspecified atom stereocenters. The molecule has 0 N–H and O–H groups in total. The molecule has 0 amide bonds. The molecule has 2 fully saturated rings. The zero-order valence-corrected chi connectivity index (χ0v) is 6.66. The van der Waals surface area contributed by atoms with Crippen molar-refractivity contribution >= 4 is 5.78 Å². The third-order valence-electron chi connectivity index (χ3n) is 2.76. The molecule has 0 aromatic heterocycles. The Morgan fingerprint density at radius 1 is 1.25 bits per heavy atom. The molecular weight excluding hydrogens is 150 g/mol. The normalized spacial score (nSPS) is 35.5. The molecule has 1 aromatic carbocycles. The predicted octanol–water partition coefficient (Wildman–Crippen LogP) is 0.937. The number of carbonyl (C=O) groups is 1. The summed E-state index contributed by atoms with van der Waals surface area (Å²) in [7, 11) is 0. The van der Waals surface area contributed by atoms with E-state index in [-0.39, 0.29) is 5.54 Å². The van der Waals surface area contributed by atoms with Crippen LogP contribution in [0, 0.1) is 0 Å². The minimum Gasteiger partial charge on any atom is -0.292 e. The first-order valence-electron chi connectivity index (χ1n) is 4.18. The summed E-state index contributed by atoms with van der Waals surface area (Å²) in [6.07, 6.45) is 0. The van der Waals surface area contributed by atoms with Crippen LogP contribution in [-0.4, -0.2) is 29.3 Å². The number of ketones is 1. The Hall–Kier alpha value is -1.15. The van der Waals surface area contributed by atoms with Gasteiger partial charge in [-0.05, 0) is 0 Å². The summed E-state index contributed by atoms with van der Waals surface area (Å²) in [5, 5.41) is 0. The van der Waals surface area contributed by atoms with Crippen LogP contribution in [0.4, 0.5) is 0 Å². The van der Waals surface area contributed by atoms with Gasteiger partial charge in [-0.15, -0.1) is 0 Å². The molecule has 2 saturated heterocycles. The molecule has 3 rings (SSSR count). The first kappa shape index (κ1) is 6.38. The van der Waals surface area contributed by atoms with Crippen molar-refractivity contribution in [3.05, 3.63) is 35.9 Å². The van der Waals surface area contributed by atoms with E-state index in [1.54, 1.807) is 0 Å². The summed E-state index contributed by atoms with van der Waals surface area (Å²) in [5.41, 5.74) is 0.832. The van der Waals surface area contributed by atoms with E-state index >= 15 is 0 Å². The molecule has 0 aliphatic carbocycles. The molecule has 1 aromatic rings. The van der Waals surface area contributed by atoms with E-state index in [0.717, 1.165) is 18.7 Å². The number of carbonyl (C=O) groups excluding carboxylic acids is 1. The maximum absolute atomic E-state index is 11.7. The maximum Gasteiger partial charge on any atom is 0.185 e. The topological polar surface area (TPSA) is 20.1 Å². The van der Waals surface area contributed by atoms with Crippen molar-refractivity contribution in [2.75, 3.05) is 13.1 Å². The zero-order chi connectivity index (χ0) is 8.18. The van der Waals surface area contributed by atoms with Gasteiger partial charge in [-0.25, -0.2) is 0 Å². The summed E-state index contributed by atoms with van der Waals surface area (Å²) in [6, 6.07) is 9.56. The Bertz CT molecular complexity index is 338. The van der Waals surface area contributed by atoms with E-state index in [1.165, 1.54) is 0 Å². The zero-order valence-electron chi connectivity index (χ0n) is 6.66. The minimum absolute atomic E-state index is 0.0264. The van der Waals surface area contributed by atoms with E-state index in [2.05, 4.69) is 4.90 Å². The molecule has 12 heavy (non-hydrogen) atoms. The van der Waals surface area contributed by atoms with Gasteiger partial charge in [-0.3, -0.25) is 9.69 Å². The second-order valence-electron chi connectivity index (χ2n) is 3.58. The van der Waals surface area contributed by atoms with Gasteiger partial charge in [0.1, 0.15) is 5.54 Å². The largest absolute Gasteiger partial charge is 0.292 e. The number of hydrogen-bond donors (Lipinski definition) is 0. The summed E-state index contributed by atoms with van der Waals surface area (Å²) in [4.78, 5) is 13.9. The Kier molecular flexibility index (Phi) is 0.943. The highest BCUT2D eigenvalue weighted by Crippen LogP contribution is 2.50. The Balaban J connectivity index is 1.94. The van der Waals surface area contributed by atoms with E-state index in [9.17, 15) is 4.79 Å². The number of nitrogens with zero attached hydrogens (tertiary/aromatic N) is 1. The molecular formula is C10H9NO. The lowest BCUT2D eigenvalue weighted by atomic mass is 10.0. The minimum atomic E-state index is -0.0264. The number of hydrogen-bond acceptors (Lipinski definition) is 2. The SMILES string of the molecule is O=C(c1ccccc1)C12CN1C2. The molecule has 0 spiro atoms. The second kappa shape index (κ2) is 1.77. The van der Waals surface area contributed by atoms with Gasteiger partial charge < -0.3 is 0 Å². The summed E-state index contributed by atoms with van der Waals surface area (Å²) < 4.78 is 0. The summed E-state index contributed by atoms with van der Waals surface area (Å²) >= 11 is 0. The lowest BCUT2D eigenvalue weighted by molar-refractivity contribution is 0.0974. The molecule has 0 atom stereocenters. The maximum atomic E-state index is 11.7. The van der Waals surface area contributed by atoms with Crippen LogP contribution in [0.2, 0.25) is 0 Å². The average Bonchev–Trinajstić information content (AvgIpc) is 2.91. The molecule has 0 saturated carbocycles. The van der Waals surface area contributed by atoms with Crippen LogP contribution in [0.3, 0.4) is 0 Å². The molecule has 2 nitrogen and oxygen atoms in total. The standard InChI is InChI=1S/C10H9NO/c12-9(10-6-11(10)7-10)8-4-2-1-3-5-8/h1-5H,6-7H2. The van der Waals surface area contributed by atoms with Gasteiger partial charge in [0.05, 0.1) is 0 Å². The van der Waals surface area contributed by atoms with Crippen LogP contribution < -0.4 is 0 Å². The van der Waals surface area contributed by atoms with E-state index in [1.807, 2.05) is 30.3 Å². The van der Waals surface area contributed by atoms with Gasteiger partial charge in [0.2, 0.25) is 0 Å². The summed E-state index contributed by atoms with van der Waals surface area (Å²) in [6.45, 7) is 1.97. The molecule has 60 valence electrons. The molecule has 2 aliphatic heterocycles. The highest BCUT2D eigenvalue weighted by Gasteiger charge is 2.72. The van der Waals surface area contributed by atoms with Crippen molar-refractivity contribution in [1.29, 1.82) is 0 Å². The lowest BCUT2D eigenvalue weighted by Gasteiger charge is -1.98. The van der Waals surface area contributed by atoms with Crippen LogP contribution in [0.1, 0.15) is 10.4 Å². The molecule has 0 bridgehead atoms. The Morgan fingerprint density at radius 3 is 2.33 bits per heavy atom. The van der Waals surface area contributed by atoms with Gasteiger partial charge in [0.25, 0.3) is 0 Å². The van der Waals surface area contributed by atoms with Gasteiger partial charge in [-0.2, -0.15) is 0 Å². The van der Waals surface area contributed by atoms with Crippen molar-refractivity contribution < 1.29 is 4.79 Å². The van der Waals surface area contributed by atoms with Gasteiger partial charge >= 0.3 is 0 Å². The Labute approximate surface area is 70.8 Å².